The number of benzene rings is 1. The van der Waals surface area contributed by atoms with Gasteiger partial charge in [-0.05, 0) is 22.6 Å². The van der Waals surface area contributed by atoms with Crippen molar-refractivity contribution in [2.75, 3.05) is 43.4 Å². The third kappa shape index (κ3) is 4.21. The van der Waals surface area contributed by atoms with Gasteiger partial charge in [0.1, 0.15) is 11.6 Å². The van der Waals surface area contributed by atoms with Crippen molar-refractivity contribution in [2.45, 2.75) is 40.2 Å². The van der Waals surface area contributed by atoms with E-state index in [1.807, 2.05) is 4.57 Å². The number of nitrogens with zero attached hydrogens (tertiary/aromatic N) is 5. The first-order valence-corrected chi connectivity index (χ1v) is 11.2. The molecule has 0 atom stereocenters. The lowest BCUT2D eigenvalue weighted by molar-refractivity contribution is 0.357. The summed E-state index contributed by atoms with van der Waals surface area (Å²) in [6.45, 7) is 11.6. The average molecular weight is 440 g/mol. The molecule has 1 fully saturated rings. The van der Waals surface area contributed by atoms with Gasteiger partial charge in [-0.15, -0.1) is 0 Å². The van der Waals surface area contributed by atoms with Gasteiger partial charge in [-0.2, -0.15) is 14.4 Å². The molecule has 2 aliphatic rings. The highest BCUT2D eigenvalue weighted by Crippen LogP contribution is 2.37. The number of imidazole rings is 1. The molecule has 4 heterocycles. The maximum atomic E-state index is 14.0. The van der Waals surface area contributed by atoms with E-state index in [2.05, 4.69) is 53.1 Å². The van der Waals surface area contributed by atoms with Gasteiger partial charge in [-0.25, -0.2) is 4.98 Å². The van der Waals surface area contributed by atoms with Gasteiger partial charge in [-0.3, -0.25) is 0 Å². The van der Waals surface area contributed by atoms with Crippen LogP contribution in [0.15, 0.2) is 12.1 Å². The van der Waals surface area contributed by atoms with Gasteiger partial charge in [0.2, 0.25) is 0 Å². The Morgan fingerprint density at radius 1 is 1.19 bits per heavy atom. The second-order valence-corrected chi connectivity index (χ2v) is 9.82. The zero-order valence-electron chi connectivity index (χ0n) is 18.9. The van der Waals surface area contributed by atoms with Crippen LogP contribution in [0.4, 0.5) is 15.9 Å². The van der Waals surface area contributed by atoms with E-state index in [9.17, 15) is 4.39 Å². The number of halogens is 1. The number of nitrogen functional groups attached to an aromatic ring is 1. The zero-order chi connectivity index (χ0) is 22.5. The Balaban J connectivity index is 1.50. The van der Waals surface area contributed by atoms with Gasteiger partial charge in [0.05, 0.1) is 6.61 Å². The third-order valence-electron chi connectivity index (χ3n) is 5.87. The molecule has 1 aromatic carbocycles. The van der Waals surface area contributed by atoms with Crippen molar-refractivity contribution < 1.29 is 9.13 Å². The molecule has 2 aliphatic heterocycles. The lowest BCUT2D eigenvalue weighted by Gasteiger charge is -2.19. The predicted octanol–water partition coefficient (Wildman–Crippen LogP) is 2.53. The summed E-state index contributed by atoms with van der Waals surface area (Å²) in [5.41, 5.74) is 10.7. The molecule has 8 nitrogen and oxygen atoms in total. The van der Waals surface area contributed by atoms with Crippen LogP contribution >= 0.6 is 0 Å². The summed E-state index contributed by atoms with van der Waals surface area (Å²) in [6.07, 6.45) is 0.694. The van der Waals surface area contributed by atoms with Gasteiger partial charge < -0.3 is 25.3 Å². The first-order valence-electron chi connectivity index (χ1n) is 11.2. The van der Waals surface area contributed by atoms with Gasteiger partial charge in [0.15, 0.2) is 17.0 Å². The molecule has 0 bridgehead atoms. The predicted molar refractivity (Wildman–Crippen MR) is 123 cm³/mol. The fraction of sp³-hybridized carbons (Fsp3) is 0.522. The number of anilines is 2. The minimum atomic E-state index is -0.829. The smallest absolute Gasteiger partial charge is 0.312 e. The average Bonchev–Trinajstić information content (AvgIpc) is 3.36. The van der Waals surface area contributed by atoms with Crippen LogP contribution in [-0.4, -0.2) is 52.3 Å². The second kappa shape index (κ2) is 7.88. The molecule has 3 aromatic rings. The van der Waals surface area contributed by atoms with Crippen LogP contribution in [0.5, 0.6) is 5.75 Å². The summed E-state index contributed by atoms with van der Waals surface area (Å²) in [6, 6.07) is 4.38. The van der Waals surface area contributed by atoms with Crippen molar-refractivity contribution in [1.29, 1.82) is 0 Å². The number of nitrogens with one attached hydrogen (secondary N) is 1. The van der Waals surface area contributed by atoms with Crippen LogP contribution in [0, 0.1) is 11.5 Å². The van der Waals surface area contributed by atoms with Crippen LogP contribution in [0.25, 0.3) is 11.2 Å². The topological polar surface area (TPSA) is 93.9 Å². The van der Waals surface area contributed by atoms with Crippen molar-refractivity contribution >= 4 is 22.7 Å². The number of rotatable bonds is 7. The third-order valence-corrected chi connectivity index (χ3v) is 5.87. The molecule has 3 N–H and O–H groups in total. The molecule has 5 rings (SSSR count). The maximum absolute atomic E-state index is 14.0. The number of hydrogen-bond acceptors (Lipinski definition) is 7. The van der Waals surface area contributed by atoms with Crippen molar-refractivity contribution in [3.63, 3.8) is 0 Å². The summed E-state index contributed by atoms with van der Waals surface area (Å²) < 4.78 is 21.8. The lowest BCUT2D eigenvalue weighted by atomic mass is 9.97. The highest BCUT2D eigenvalue weighted by molar-refractivity contribution is 5.82. The fourth-order valence-corrected chi connectivity index (χ4v) is 4.23. The fourth-order valence-electron chi connectivity index (χ4n) is 4.23. The first kappa shape index (κ1) is 20.9. The van der Waals surface area contributed by atoms with E-state index >= 15 is 0 Å². The largest absolute Gasteiger partial charge is 0.493 e. The molecule has 9 heteroatoms. The van der Waals surface area contributed by atoms with Crippen molar-refractivity contribution in [3.8, 4) is 5.75 Å². The number of ether oxygens (including phenoxy) is 1. The van der Waals surface area contributed by atoms with Gasteiger partial charge >= 0.3 is 6.08 Å². The molecule has 0 spiro atoms. The Kier molecular flexibility index (Phi) is 5.16. The summed E-state index contributed by atoms with van der Waals surface area (Å²) in [5.74, 6) is 1.86. The Bertz CT molecular complexity index is 1160. The van der Waals surface area contributed by atoms with Crippen molar-refractivity contribution in [3.05, 3.63) is 35.2 Å². The molecule has 32 heavy (non-hydrogen) atoms. The Hall–Kier alpha value is -2.94. The van der Waals surface area contributed by atoms with Gasteiger partial charge in [-0.1, -0.05) is 20.8 Å². The van der Waals surface area contributed by atoms with Crippen molar-refractivity contribution in [1.82, 2.24) is 24.8 Å². The quantitative estimate of drug-likeness (QED) is 0.332. The molecule has 0 radical (unpaired) electrons. The molecule has 1 saturated heterocycles. The first-order chi connectivity index (χ1) is 15.3. The number of nitrogens with two attached hydrogens (primary N) is 1. The molecule has 0 saturated carbocycles. The highest BCUT2D eigenvalue weighted by atomic mass is 19.1. The van der Waals surface area contributed by atoms with E-state index in [-0.39, 0.29) is 11.2 Å². The Morgan fingerprint density at radius 2 is 2.00 bits per heavy atom. The molecule has 0 unspecified atom stereocenters. The Morgan fingerprint density at radius 3 is 2.75 bits per heavy atom. The molecule has 2 aromatic heterocycles. The summed E-state index contributed by atoms with van der Waals surface area (Å²) in [5, 5.41) is 3.48. The number of hydrogen-bond donors (Lipinski definition) is 2. The molecule has 0 amide bonds. The van der Waals surface area contributed by atoms with E-state index in [1.54, 1.807) is 0 Å². The van der Waals surface area contributed by atoms with E-state index in [0.29, 0.717) is 24.1 Å². The standard InChI is InChI=1S/C23H30FN7O/c1-23(2,3)13-26-5-6-31-18(27-19-20(25)28-22(24)29-21(19)31)11-15-10-14-4-9-32-17(14)12-16(15)30-7-8-30/h10,12,26H,4-9,11,13H2,1-3H3,(H2,25,28,29). The van der Waals surface area contributed by atoms with Gasteiger partial charge in [0, 0.05) is 57.3 Å². The zero-order valence-corrected chi connectivity index (χ0v) is 18.9. The molecular formula is C23H30FN7O. The van der Waals surface area contributed by atoms with Gasteiger partial charge in [0.25, 0.3) is 0 Å². The second-order valence-electron chi connectivity index (χ2n) is 9.82. The summed E-state index contributed by atoms with van der Waals surface area (Å²) >= 11 is 0. The summed E-state index contributed by atoms with van der Waals surface area (Å²) in [4.78, 5) is 14.8. The lowest BCUT2D eigenvalue weighted by Crippen LogP contribution is -2.30. The van der Waals surface area contributed by atoms with Crippen LogP contribution in [0.2, 0.25) is 0 Å². The normalized spacial score (nSPS) is 15.3. The van der Waals surface area contributed by atoms with Crippen LogP contribution in [0.1, 0.15) is 37.7 Å². The summed E-state index contributed by atoms with van der Waals surface area (Å²) in [7, 11) is 0. The molecule has 170 valence electrons. The minimum Gasteiger partial charge on any atom is -0.493 e. The van der Waals surface area contributed by atoms with E-state index in [1.165, 1.54) is 16.8 Å². The minimum absolute atomic E-state index is 0.0728. The van der Waals surface area contributed by atoms with Crippen LogP contribution in [-0.2, 0) is 19.4 Å². The molecule has 0 aliphatic carbocycles. The van der Waals surface area contributed by atoms with E-state index in [4.69, 9.17) is 15.5 Å². The number of fused-ring (bicyclic) bond motifs is 2. The number of aromatic nitrogens is 4. The Labute approximate surface area is 187 Å². The highest BCUT2D eigenvalue weighted by Gasteiger charge is 2.26. The molecular weight excluding hydrogens is 409 g/mol. The van der Waals surface area contributed by atoms with Crippen molar-refractivity contribution in [2.24, 2.45) is 5.41 Å². The SMILES string of the molecule is CC(C)(C)CNCCn1c(Cc2cc3c(cc2N2CC2)OCC3)nc2c(N)nc(F)nc21. The monoisotopic (exact) mass is 439 g/mol. The van der Waals surface area contributed by atoms with E-state index in [0.717, 1.165) is 50.8 Å². The van der Waals surface area contributed by atoms with Crippen LogP contribution in [0.3, 0.4) is 0 Å². The van der Waals surface area contributed by atoms with E-state index < -0.39 is 6.08 Å². The maximum Gasteiger partial charge on any atom is 0.312 e. The van der Waals surface area contributed by atoms with Crippen LogP contribution < -0.4 is 20.7 Å².